The Kier molecular flexibility index (Phi) is 4.05. The molecule has 120 valence electrons. The number of likely N-dealkylation sites (tertiary alicyclic amines) is 1. The van der Waals surface area contributed by atoms with Gasteiger partial charge >= 0.3 is 0 Å². The minimum Gasteiger partial charge on any atom is -0.364 e. The van der Waals surface area contributed by atoms with E-state index in [0.717, 1.165) is 25.0 Å². The number of nitrogens with zero attached hydrogens (tertiary/aromatic N) is 4. The molecule has 2 aromatic heterocycles. The number of primary amides is 1. The predicted molar refractivity (Wildman–Crippen MR) is 81.5 cm³/mol. The molecule has 8 nitrogen and oxygen atoms in total. The molecular weight excluding hydrogens is 296 g/mol. The highest BCUT2D eigenvalue weighted by molar-refractivity contribution is 5.92. The molecule has 3 N–H and O–H groups in total. The number of piperidine rings is 1. The van der Waals surface area contributed by atoms with E-state index in [1.54, 1.807) is 17.2 Å². The summed E-state index contributed by atoms with van der Waals surface area (Å²) < 4.78 is 0. The van der Waals surface area contributed by atoms with Gasteiger partial charge in [-0.1, -0.05) is 0 Å². The van der Waals surface area contributed by atoms with E-state index in [9.17, 15) is 9.59 Å². The topological polar surface area (TPSA) is 118 Å². The van der Waals surface area contributed by atoms with Crippen LogP contribution in [0.5, 0.6) is 0 Å². The molecule has 2 amide bonds. The fraction of sp³-hybridized carbons (Fsp3) is 0.400. The molecule has 8 heteroatoms. The van der Waals surface area contributed by atoms with Crippen LogP contribution in [0.1, 0.15) is 57.7 Å². The average molecular weight is 314 g/mol. The first-order valence-corrected chi connectivity index (χ1v) is 7.51. The number of aromatic nitrogens is 4. The molecule has 0 radical (unpaired) electrons. The molecule has 1 saturated heterocycles. The maximum Gasteiger partial charge on any atom is 0.274 e. The molecule has 0 saturated carbocycles. The lowest BCUT2D eigenvalue weighted by Gasteiger charge is -2.34. The number of hydrogen-bond acceptors (Lipinski definition) is 5. The molecule has 2 aromatic rings. The first-order chi connectivity index (χ1) is 11.1. The zero-order valence-corrected chi connectivity index (χ0v) is 12.8. The standard InChI is InChI=1S/C15H18N6O2/c1-9-7-18-12(8-17-9)15(23)21-5-3-2-4-13(21)10-6-11(14(16)22)20-19-10/h6-8,13H,2-5H2,1H3,(H2,16,22)(H,19,20)/t13-/m1/s1. The minimum atomic E-state index is -0.592. The van der Waals surface area contributed by atoms with Gasteiger partial charge < -0.3 is 10.6 Å². The summed E-state index contributed by atoms with van der Waals surface area (Å²) in [4.78, 5) is 34.0. The summed E-state index contributed by atoms with van der Waals surface area (Å²) in [6, 6.07) is 1.44. The zero-order chi connectivity index (χ0) is 16.4. The summed E-state index contributed by atoms with van der Waals surface area (Å²) in [6.45, 7) is 2.45. The van der Waals surface area contributed by atoms with E-state index in [-0.39, 0.29) is 17.6 Å². The van der Waals surface area contributed by atoms with Crippen molar-refractivity contribution in [1.29, 1.82) is 0 Å². The van der Waals surface area contributed by atoms with E-state index in [2.05, 4.69) is 20.2 Å². The summed E-state index contributed by atoms with van der Waals surface area (Å²) >= 11 is 0. The summed E-state index contributed by atoms with van der Waals surface area (Å²) in [6.07, 6.45) is 5.79. The van der Waals surface area contributed by atoms with Crippen molar-refractivity contribution in [3.05, 3.63) is 41.2 Å². The Bertz CT molecular complexity index is 724. The SMILES string of the molecule is Cc1cnc(C(=O)N2CCCC[C@@H]2c2cc(C(N)=O)n[nH]2)cn1. The third-order valence-electron chi connectivity index (χ3n) is 3.97. The van der Waals surface area contributed by atoms with Crippen molar-refractivity contribution in [2.75, 3.05) is 6.54 Å². The predicted octanol–water partition coefficient (Wildman–Crippen LogP) is 0.974. The molecule has 0 bridgehead atoms. The summed E-state index contributed by atoms with van der Waals surface area (Å²) in [7, 11) is 0. The van der Waals surface area contributed by atoms with Crippen LogP contribution >= 0.6 is 0 Å². The maximum absolute atomic E-state index is 12.7. The van der Waals surface area contributed by atoms with Gasteiger partial charge in [0.2, 0.25) is 0 Å². The number of H-pyrrole nitrogens is 1. The van der Waals surface area contributed by atoms with E-state index >= 15 is 0 Å². The normalized spacial score (nSPS) is 18.0. The average Bonchev–Trinajstić information content (AvgIpc) is 3.05. The fourth-order valence-corrected chi connectivity index (χ4v) is 2.78. The van der Waals surface area contributed by atoms with Crippen molar-refractivity contribution in [2.24, 2.45) is 5.73 Å². The number of rotatable bonds is 3. The van der Waals surface area contributed by atoms with E-state index in [1.165, 1.54) is 6.20 Å². The van der Waals surface area contributed by atoms with Crippen molar-refractivity contribution in [2.45, 2.75) is 32.2 Å². The molecule has 0 aromatic carbocycles. The molecule has 0 unspecified atom stereocenters. The van der Waals surface area contributed by atoms with E-state index < -0.39 is 5.91 Å². The quantitative estimate of drug-likeness (QED) is 0.875. The second-order valence-corrected chi connectivity index (χ2v) is 5.63. The number of nitrogens with one attached hydrogen (secondary N) is 1. The van der Waals surface area contributed by atoms with Crippen molar-refractivity contribution < 1.29 is 9.59 Å². The van der Waals surface area contributed by atoms with Gasteiger partial charge in [0.25, 0.3) is 11.8 Å². The van der Waals surface area contributed by atoms with Crippen LogP contribution < -0.4 is 5.73 Å². The Morgan fingerprint density at radius 1 is 1.26 bits per heavy atom. The molecule has 3 heterocycles. The van der Waals surface area contributed by atoms with Gasteiger partial charge in [0, 0.05) is 12.7 Å². The number of aromatic amines is 1. The summed E-state index contributed by atoms with van der Waals surface area (Å²) in [5.41, 5.74) is 7.20. The molecular formula is C15H18N6O2. The van der Waals surface area contributed by atoms with Crippen molar-refractivity contribution in [1.82, 2.24) is 25.1 Å². The van der Waals surface area contributed by atoms with Crippen LogP contribution in [0, 0.1) is 6.92 Å². The highest BCUT2D eigenvalue weighted by atomic mass is 16.2. The molecule has 1 aliphatic heterocycles. The highest BCUT2D eigenvalue weighted by Crippen LogP contribution is 2.31. The number of nitrogens with two attached hydrogens (primary N) is 1. The molecule has 0 spiro atoms. The summed E-state index contributed by atoms with van der Waals surface area (Å²) in [5, 5.41) is 6.73. The molecule has 3 rings (SSSR count). The lowest BCUT2D eigenvalue weighted by Crippen LogP contribution is -2.39. The third-order valence-corrected chi connectivity index (χ3v) is 3.97. The molecule has 1 fully saturated rings. The van der Waals surface area contributed by atoms with Gasteiger partial charge in [-0.05, 0) is 32.3 Å². The van der Waals surface area contributed by atoms with Crippen molar-refractivity contribution >= 4 is 11.8 Å². The second kappa shape index (κ2) is 6.15. The van der Waals surface area contributed by atoms with Crippen molar-refractivity contribution in [3.63, 3.8) is 0 Å². The van der Waals surface area contributed by atoms with Gasteiger partial charge in [-0.25, -0.2) is 4.98 Å². The molecule has 23 heavy (non-hydrogen) atoms. The van der Waals surface area contributed by atoms with E-state index in [4.69, 9.17) is 5.73 Å². The first kappa shape index (κ1) is 15.1. The maximum atomic E-state index is 12.7. The van der Waals surface area contributed by atoms with Crippen LogP contribution in [0.2, 0.25) is 0 Å². The van der Waals surface area contributed by atoms with Crippen LogP contribution in [0.25, 0.3) is 0 Å². The zero-order valence-electron chi connectivity index (χ0n) is 12.8. The number of hydrogen-bond donors (Lipinski definition) is 2. The van der Waals surface area contributed by atoms with Gasteiger partial charge in [-0.15, -0.1) is 0 Å². The largest absolute Gasteiger partial charge is 0.364 e. The Labute approximate surface area is 133 Å². The van der Waals surface area contributed by atoms with Gasteiger partial charge in [0.15, 0.2) is 0 Å². The molecule has 0 aliphatic carbocycles. The van der Waals surface area contributed by atoms with Gasteiger partial charge in [0.05, 0.1) is 23.6 Å². The number of carbonyl (C=O) groups is 2. The third kappa shape index (κ3) is 3.05. The highest BCUT2D eigenvalue weighted by Gasteiger charge is 2.31. The second-order valence-electron chi connectivity index (χ2n) is 5.63. The number of carbonyl (C=O) groups excluding carboxylic acids is 2. The molecule has 1 atom stereocenters. The monoisotopic (exact) mass is 314 g/mol. The van der Waals surface area contributed by atoms with Gasteiger partial charge in [-0.3, -0.25) is 19.7 Å². The summed E-state index contributed by atoms with van der Waals surface area (Å²) in [5.74, 6) is -0.761. The first-order valence-electron chi connectivity index (χ1n) is 7.51. The fourth-order valence-electron chi connectivity index (χ4n) is 2.78. The van der Waals surface area contributed by atoms with Gasteiger partial charge in [-0.2, -0.15) is 5.10 Å². The van der Waals surface area contributed by atoms with Crippen LogP contribution in [0.3, 0.4) is 0 Å². The smallest absolute Gasteiger partial charge is 0.274 e. The van der Waals surface area contributed by atoms with Gasteiger partial charge in [0.1, 0.15) is 11.4 Å². The molecule has 1 aliphatic rings. The van der Waals surface area contributed by atoms with E-state index in [1.807, 2.05) is 6.92 Å². The lowest BCUT2D eigenvalue weighted by molar-refractivity contribution is 0.0599. The van der Waals surface area contributed by atoms with Crippen LogP contribution in [0.15, 0.2) is 18.5 Å². The minimum absolute atomic E-state index is 0.167. The Balaban J connectivity index is 1.87. The Morgan fingerprint density at radius 3 is 2.74 bits per heavy atom. The number of aryl methyl sites for hydroxylation is 1. The van der Waals surface area contributed by atoms with Crippen LogP contribution in [-0.2, 0) is 0 Å². The lowest BCUT2D eigenvalue weighted by atomic mass is 9.98. The Hall–Kier alpha value is -2.77. The van der Waals surface area contributed by atoms with Crippen LogP contribution in [-0.4, -0.2) is 43.4 Å². The van der Waals surface area contributed by atoms with Crippen LogP contribution in [0.4, 0.5) is 0 Å². The van der Waals surface area contributed by atoms with Crippen molar-refractivity contribution in [3.8, 4) is 0 Å². The number of amides is 2. The van der Waals surface area contributed by atoms with E-state index in [0.29, 0.717) is 17.9 Å². The Morgan fingerprint density at radius 2 is 2.09 bits per heavy atom.